The second kappa shape index (κ2) is 5.32. The molecule has 1 heterocycles. The molecule has 2 aromatic rings. The number of methoxy groups -OCH3 is 1. The van der Waals surface area contributed by atoms with Crippen molar-refractivity contribution < 1.29 is 19.4 Å². The first kappa shape index (κ1) is 13.2. The zero-order valence-electron chi connectivity index (χ0n) is 11.5. The van der Waals surface area contributed by atoms with Crippen molar-refractivity contribution in [3.05, 3.63) is 65.2 Å². The molecule has 0 fully saturated rings. The Labute approximate surface area is 122 Å². The van der Waals surface area contributed by atoms with Crippen LogP contribution in [0.3, 0.4) is 0 Å². The predicted molar refractivity (Wildman–Crippen MR) is 78.5 cm³/mol. The lowest BCUT2D eigenvalue weighted by Gasteiger charge is -2.19. The first-order valence-electron chi connectivity index (χ1n) is 6.54. The molecule has 0 unspecified atom stereocenters. The third kappa shape index (κ3) is 2.48. The van der Waals surface area contributed by atoms with Gasteiger partial charge < -0.3 is 14.6 Å². The van der Waals surface area contributed by atoms with Gasteiger partial charge in [0, 0.05) is 5.56 Å². The second-order valence-electron chi connectivity index (χ2n) is 4.68. The molecule has 3 rings (SSSR count). The molecule has 4 nitrogen and oxygen atoms in total. The molecule has 0 amide bonds. The lowest BCUT2D eigenvalue weighted by molar-refractivity contribution is 0.0600. The highest BCUT2D eigenvalue weighted by molar-refractivity contribution is 5.93. The molecule has 21 heavy (non-hydrogen) atoms. The van der Waals surface area contributed by atoms with Crippen molar-refractivity contribution in [2.24, 2.45) is 0 Å². The van der Waals surface area contributed by atoms with Gasteiger partial charge in [0.2, 0.25) is 0 Å². The average molecular weight is 282 g/mol. The Morgan fingerprint density at radius 3 is 2.67 bits per heavy atom. The van der Waals surface area contributed by atoms with E-state index in [4.69, 9.17) is 9.47 Å². The minimum atomic E-state index is -0.381. The molecule has 0 saturated heterocycles. The van der Waals surface area contributed by atoms with Crippen LogP contribution in [0.5, 0.6) is 11.5 Å². The quantitative estimate of drug-likeness (QED) is 0.860. The number of ether oxygens (including phenoxy) is 2. The normalized spacial score (nSPS) is 12.9. The summed E-state index contributed by atoms with van der Waals surface area (Å²) < 4.78 is 10.3. The Morgan fingerprint density at radius 2 is 1.95 bits per heavy atom. The molecule has 0 radical (unpaired) electrons. The molecule has 1 aliphatic rings. The van der Waals surface area contributed by atoms with Gasteiger partial charge in [0.1, 0.15) is 18.1 Å². The topological polar surface area (TPSA) is 55.8 Å². The van der Waals surface area contributed by atoms with Crippen LogP contribution >= 0.6 is 0 Å². The zero-order chi connectivity index (χ0) is 14.8. The number of rotatable bonds is 2. The Bertz CT molecular complexity index is 714. The molecular weight excluding hydrogens is 268 g/mol. The van der Waals surface area contributed by atoms with Crippen molar-refractivity contribution in [3.8, 4) is 11.5 Å². The van der Waals surface area contributed by atoms with Crippen molar-refractivity contribution in [1.82, 2.24) is 0 Å². The molecule has 0 aromatic heterocycles. The number of esters is 1. The third-order valence-electron chi connectivity index (χ3n) is 3.40. The minimum Gasteiger partial charge on any atom is -0.508 e. The Hall–Kier alpha value is -2.75. The van der Waals surface area contributed by atoms with Gasteiger partial charge in [-0.15, -0.1) is 0 Å². The smallest absolute Gasteiger partial charge is 0.337 e. The Kier molecular flexibility index (Phi) is 3.36. The first-order valence-corrected chi connectivity index (χ1v) is 6.54. The predicted octanol–water partition coefficient (Wildman–Crippen LogP) is 3.00. The number of fused-ring (bicyclic) bond motifs is 1. The van der Waals surface area contributed by atoms with E-state index in [0.717, 1.165) is 22.4 Å². The molecule has 106 valence electrons. The largest absolute Gasteiger partial charge is 0.508 e. The number of hydrogen-bond donors (Lipinski definition) is 1. The minimum absolute atomic E-state index is 0.218. The van der Waals surface area contributed by atoms with E-state index >= 15 is 0 Å². The van der Waals surface area contributed by atoms with Crippen LogP contribution in [0.1, 0.15) is 21.5 Å². The van der Waals surface area contributed by atoms with Crippen LogP contribution in [0.2, 0.25) is 0 Å². The van der Waals surface area contributed by atoms with E-state index in [-0.39, 0.29) is 11.7 Å². The number of carbonyl (C=O) groups excluding carboxylic acids is 1. The summed E-state index contributed by atoms with van der Waals surface area (Å²) >= 11 is 0. The van der Waals surface area contributed by atoms with Crippen LogP contribution in [0, 0.1) is 0 Å². The van der Waals surface area contributed by atoms with E-state index in [1.807, 2.05) is 18.2 Å². The molecule has 4 heteroatoms. The number of carbonyl (C=O) groups is 1. The second-order valence-corrected chi connectivity index (χ2v) is 4.68. The summed E-state index contributed by atoms with van der Waals surface area (Å²) in [4.78, 5) is 11.7. The van der Waals surface area contributed by atoms with E-state index in [1.165, 1.54) is 7.11 Å². The van der Waals surface area contributed by atoms with Gasteiger partial charge in [0.05, 0.1) is 12.7 Å². The molecule has 1 aliphatic heterocycles. The molecule has 0 saturated carbocycles. The summed E-state index contributed by atoms with van der Waals surface area (Å²) in [6.07, 6.45) is 1.95. The lowest BCUT2D eigenvalue weighted by Crippen LogP contribution is -2.08. The van der Waals surface area contributed by atoms with Crippen molar-refractivity contribution in [3.63, 3.8) is 0 Å². The monoisotopic (exact) mass is 282 g/mol. The summed E-state index contributed by atoms with van der Waals surface area (Å²) in [5.41, 5.74) is 3.25. The highest BCUT2D eigenvalue weighted by Crippen LogP contribution is 2.35. The molecule has 0 atom stereocenters. The standard InChI is InChI=1S/C17H14O4/c1-20-17(19)12-4-7-16-15(10-12)14(8-9-21-16)11-2-5-13(18)6-3-11/h2-8,10,18H,9H2,1H3. The van der Waals surface area contributed by atoms with Gasteiger partial charge in [-0.1, -0.05) is 12.1 Å². The molecule has 0 aliphatic carbocycles. The van der Waals surface area contributed by atoms with Crippen LogP contribution in [-0.4, -0.2) is 24.8 Å². The molecule has 0 spiro atoms. The van der Waals surface area contributed by atoms with Crippen molar-refractivity contribution in [2.75, 3.05) is 13.7 Å². The summed E-state index contributed by atoms with van der Waals surface area (Å²) in [5, 5.41) is 9.39. The Morgan fingerprint density at radius 1 is 1.19 bits per heavy atom. The van der Waals surface area contributed by atoms with Gasteiger partial charge in [-0.05, 0) is 47.5 Å². The van der Waals surface area contributed by atoms with Gasteiger partial charge in [-0.25, -0.2) is 4.79 Å². The highest BCUT2D eigenvalue weighted by Gasteiger charge is 2.18. The third-order valence-corrected chi connectivity index (χ3v) is 3.40. The SMILES string of the molecule is COC(=O)c1ccc2c(c1)C(c1ccc(O)cc1)=CCO2. The number of benzene rings is 2. The van der Waals surface area contributed by atoms with E-state index in [1.54, 1.807) is 30.3 Å². The van der Waals surface area contributed by atoms with E-state index in [0.29, 0.717) is 12.2 Å². The molecule has 0 bridgehead atoms. The zero-order valence-corrected chi connectivity index (χ0v) is 11.5. The van der Waals surface area contributed by atoms with Crippen molar-refractivity contribution in [2.45, 2.75) is 0 Å². The number of phenols is 1. The maximum Gasteiger partial charge on any atom is 0.337 e. The average Bonchev–Trinajstić information content (AvgIpc) is 2.54. The molecular formula is C17H14O4. The summed E-state index contributed by atoms with van der Waals surface area (Å²) in [6.45, 7) is 0.473. The van der Waals surface area contributed by atoms with Gasteiger partial charge in [-0.3, -0.25) is 0 Å². The number of phenolic OH excluding ortho intramolecular Hbond substituents is 1. The van der Waals surface area contributed by atoms with Gasteiger partial charge in [-0.2, -0.15) is 0 Å². The van der Waals surface area contributed by atoms with Crippen LogP contribution in [0.15, 0.2) is 48.5 Å². The fraction of sp³-hybridized carbons (Fsp3) is 0.118. The van der Waals surface area contributed by atoms with Crippen LogP contribution in [0.4, 0.5) is 0 Å². The summed E-state index contributed by atoms with van der Waals surface area (Å²) in [7, 11) is 1.36. The molecule has 2 aromatic carbocycles. The summed E-state index contributed by atoms with van der Waals surface area (Å²) in [6, 6.07) is 12.2. The molecule has 1 N–H and O–H groups in total. The highest BCUT2D eigenvalue weighted by atomic mass is 16.5. The first-order chi connectivity index (χ1) is 10.2. The van der Waals surface area contributed by atoms with Crippen molar-refractivity contribution in [1.29, 1.82) is 0 Å². The lowest BCUT2D eigenvalue weighted by atomic mass is 9.94. The van der Waals surface area contributed by atoms with Gasteiger partial charge >= 0.3 is 5.97 Å². The van der Waals surface area contributed by atoms with Crippen molar-refractivity contribution >= 4 is 11.5 Å². The Balaban J connectivity index is 2.08. The summed E-state index contributed by atoms with van der Waals surface area (Å²) in [5.74, 6) is 0.566. The maximum atomic E-state index is 11.7. The van der Waals surface area contributed by atoms with Gasteiger partial charge in [0.15, 0.2) is 0 Å². The van der Waals surface area contributed by atoms with Crippen LogP contribution < -0.4 is 4.74 Å². The number of hydrogen-bond acceptors (Lipinski definition) is 4. The fourth-order valence-corrected chi connectivity index (χ4v) is 2.35. The van der Waals surface area contributed by atoms with E-state index < -0.39 is 0 Å². The van der Waals surface area contributed by atoms with Crippen LogP contribution in [0.25, 0.3) is 5.57 Å². The van der Waals surface area contributed by atoms with E-state index in [2.05, 4.69) is 0 Å². The fourth-order valence-electron chi connectivity index (χ4n) is 2.35. The van der Waals surface area contributed by atoms with Gasteiger partial charge in [0.25, 0.3) is 0 Å². The maximum absolute atomic E-state index is 11.7. The van der Waals surface area contributed by atoms with Crippen LogP contribution in [-0.2, 0) is 4.74 Å². The van der Waals surface area contributed by atoms with E-state index in [9.17, 15) is 9.90 Å². The number of aromatic hydroxyl groups is 1.